The first-order chi connectivity index (χ1) is 15.3. The number of thiazole rings is 1. The molecule has 0 N–H and O–H groups in total. The average molecular weight is 432 g/mol. The first-order valence-corrected chi connectivity index (χ1v) is 11.0. The molecule has 0 aliphatic carbocycles. The molecule has 0 radical (unpaired) electrons. The van der Waals surface area contributed by atoms with Gasteiger partial charge >= 0.3 is 0 Å². The Balaban J connectivity index is 1.22. The lowest BCUT2D eigenvalue weighted by Crippen LogP contribution is -2.48. The van der Waals surface area contributed by atoms with Gasteiger partial charge in [-0.1, -0.05) is 42.5 Å². The summed E-state index contributed by atoms with van der Waals surface area (Å²) in [6.07, 6.45) is 1.50. The molecule has 0 atom stereocenters. The van der Waals surface area contributed by atoms with E-state index < -0.39 is 0 Å². The molecule has 0 unspecified atom stereocenters. The SMILES string of the molecule is O=C(c1ccccc1-n1cnnn1)N1CCN(Cc2csc(-c3ccccc3)n2)CC1. The maximum atomic E-state index is 13.2. The highest BCUT2D eigenvalue weighted by atomic mass is 32.1. The highest BCUT2D eigenvalue weighted by Gasteiger charge is 2.25. The van der Waals surface area contributed by atoms with Crippen LogP contribution >= 0.6 is 11.3 Å². The van der Waals surface area contributed by atoms with Crippen LogP contribution in [0, 0.1) is 0 Å². The summed E-state index contributed by atoms with van der Waals surface area (Å²) >= 11 is 1.67. The van der Waals surface area contributed by atoms with Gasteiger partial charge in [0, 0.05) is 43.7 Å². The molecular formula is C22H21N7OS. The van der Waals surface area contributed by atoms with Gasteiger partial charge in [-0.25, -0.2) is 4.98 Å². The summed E-state index contributed by atoms with van der Waals surface area (Å²) in [7, 11) is 0. The molecule has 0 bridgehead atoms. The molecule has 0 spiro atoms. The second-order valence-electron chi connectivity index (χ2n) is 7.35. The number of carbonyl (C=O) groups excluding carboxylic acids is 1. The molecule has 3 heterocycles. The molecule has 1 aliphatic rings. The Kier molecular flexibility index (Phi) is 5.51. The van der Waals surface area contributed by atoms with Crippen molar-refractivity contribution >= 4 is 17.2 Å². The fourth-order valence-electron chi connectivity index (χ4n) is 3.73. The number of rotatable bonds is 5. The lowest BCUT2D eigenvalue weighted by Gasteiger charge is -2.34. The number of hydrogen-bond donors (Lipinski definition) is 0. The van der Waals surface area contributed by atoms with Crippen molar-refractivity contribution in [3.05, 3.63) is 77.6 Å². The van der Waals surface area contributed by atoms with E-state index >= 15 is 0 Å². The number of benzene rings is 2. The second kappa shape index (κ2) is 8.75. The maximum absolute atomic E-state index is 13.2. The Bertz CT molecular complexity index is 1150. The second-order valence-corrected chi connectivity index (χ2v) is 8.21. The van der Waals surface area contributed by atoms with E-state index in [0.717, 1.165) is 35.9 Å². The predicted molar refractivity (Wildman–Crippen MR) is 118 cm³/mol. The fraction of sp³-hybridized carbons (Fsp3) is 0.227. The Morgan fingerprint density at radius 1 is 0.968 bits per heavy atom. The Labute approximate surface area is 183 Å². The summed E-state index contributed by atoms with van der Waals surface area (Å²) in [4.78, 5) is 22.2. The van der Waals surface area contributed by atoms with Crippen LogP contribution in [0.4, 0.5) is 0 Å². The molecule has 5 rings (SSSR count). The van der Waals surface area contributed by atoms with Crippen LogP contribution in [0.15, 0.2) is 66.3 Å². The number of carbonyl (C=O) groups is 1. The van der Waals surface area contributed by atoms with Crippen molar-refractivity contribution in [3.8, 4) is 16.3 Å². The van der Waals surface area contributed by atoms with Crippen molar-refractivity contribution in [2.45, 2.75) is 6.54 Å². The molecule has 2 aromatic carbocycles. The van der Waals surface area contributed by atoms with Gasteiger partial charge in [-0.2, -0.15) is 4.68 Å². The topological polar surface area (TPSA) is 80.0 Å². The van der Waals surface area contributed by atoms with E-state index in [2.05, 4.69) is 37.9 Å². The number of amides is 1. The Morgan fingerprint density at radius 3 is 2.52 bits per heavy atom. The van der Waals surface area contributed by atoms with Crippen LogP contribution in [0.25, 0.3) is 16.3 Å². The van der Waals surface area contributed by atoms with Gasteiger partial charge in [0.2, 0.25) is 0 Å². The van der Waals surface area contributed by atoms with E-state index in [1.165, 1.54) is 11.0 Å². The molecule has 2 aromatic heterocycles. The van der Waals surface area contributed by atoms with Gasteiger partial charge in [0.15, 0.2) is 0 Å². The van der Waals surface area contributed by atoms with Gasteiger partial charge < -0.3 is 4.90 Å². The van der Waals surface area contributed by atoms with Gasteiger partial charge in [0.05, 0.1) is 16.9 Å². The summed E-state index contributed by atoms with van der Waals surface area (Å²) in [5, 5.41) is 14.5. The molecule has 4 aromatic rings. The van der Waals surface area contributed by atoms with E-state index in [1.54, 1.807) is 11.3 Å². The van der Waals surface area contributed by atoms with Crippen molar-refractivity contribution in [2.75, 3.05) is 26.2 Å². The van der Waals surface area contributed by atoms with Crippen LogP contribution in [0.5, 0.6) is 0 Å². The average Bonchev–Trinajstić information content (AvgIpc) is 3.52. The smallest absolute Gasteiger partial charge is 0.256 e. The normalized spacial score (nSPS) is 14.6. The van der Waals surface area contributed by atoms with E-state index in [9.17, 15) is 4.79 Å². The Morgan fingerprint density at radius 2 is 1.74 bits per heavy atom. The molecule has 9 heteroatoms. The largest absolute Gasteiger partial charge is 0.336 e. The summed E-state index contributed by atoms with van der Waals surface area (Å²) in [6, 6.07) is 17.7. The summed E-state index contributed by atoms with van der Waals surface area (Å²) in [5.41, 5.74) is 3.52. The van der Waals surface area contributed by atoms with Gasteiger partial charge in [-0.05, 0) is 22.6 Å². The summed E-state index contributed by atoms with van der Waals surface area (Å²) < 4.78 is 1.52. The minimum atomic E-state index is 0.00534. The van der Waals surface area contributed by atoms with Crippen LogP contribution in [-0.4, -0.2) is 67.1 Å². The highest BCUT2D eigenvalue weighted by molar-refractivity contribution is 7.13. The van der Waals surface area contributed by atoms with Crippen LogP contribution in [0.2, 0.25) is 0 Å². The highest BCUT2D eigenvalue weighted by Crippen LogP contribution is 2.24. The molecule has 31 heavy (non-hydrogen) atoms. The summed E-state index contributed by atoms with van der Waals surface area (Å²) in [6.45, 7) is 3.79. The number of para-hydroxylation sites is 1. The monoisotopic (exact) mass is 431 g/mol. The molecular weight excluding hydrogens is 410 g/mol. The third-order valence-electron chi connectivity index (χ3n) is 5.35. The third-order valence-corrected chi connectivity index (χ3v) is 6.29. The van der Waals surface area contributed by atoms with Crippen LogP contribution in [0.3, 0.4) is 0 Å². The lowest BCUT2D eigenvalue weighted by atomic mass is 10.1. The lowest BCUT2D eigenvalue weighted by molar-refractivity contribution is 0.0627. The first-order valence-electron chi connectivity index (χ1n) is 10.1. The molecule has 1 fully saturated rings. The molecule has 8 nitrogen and oxygen atoms in total. The number of aromatic nitrogens is 5. The Hall–Kier alpha value is -3.43. The number of piperazine rings is 1. The van der Waals surface area contributed by atoms with E-state index in [-0.39, 0.29) is 5.91 Å². The third kappa shape index (κ3) is 4.23. The van der Waals surface area contributed by atoms with E-state index in [4.69, 9.17) is 4.98 Å². The molecule has 1 aliphatic heterocycles. The number of tetrazole rings is 1. The zero-order valence-corrected chi connectivity index (χ0v) is 17.6. The van der Waals surface area contributed by atoms with Crippen molar-refractivity contribution in [1.29, 1.82) is 0 Å². The minimum absolute atomic E-state index is 0.00534. The zero-order chi connectivity index (χ0) is 21.0. The maximum Gasteiger partial charge on any atom is 0.256 e. The van der Waals surface area contributed by atoms with Crippen LogP contribution in [-0.2, 0) is 6.54 Å². The number of nitrogens with zero attached hydrogens (tertiary/aromatic N) is 7. The predicted octanol–water partition coefficient (Wildman–Crippen LogP) is 2.74. The van der Waals surface area contributed by atoms with Gasteiger partial charge in [0.25, 0.3) is 5.91 Å². The van der Waals surface area contributed by atoms with E-state index in [1.807, 2.05) is 47.4 Å². The fourth-order valence-corrected chi connectivity index (χ4v) is 4.54. The molecule has 1 saturated heterocycles. The summed E-state index contributed by atoms with van der Waals surface area (Å²) in [5.74, 6) is 0.00534. The number of hydrogen-bond acceptors (Lipinski definition) is 7. The van der Waals surface area contributed by atoms with Crippen molar-refractivity contribution < 1.29 is 4.79 Å². The zero-order valence-electron chi connectivity index (χ0n) is 16.8. The van der Waals surface area contributed by atoms with Crippen molar-refractivity contribution in [3.63, 3.8) is 0 Å². The standard InChI is InChI=1S/C22H21N7OS/c30-22(19-8-4-5-9-20(19)29-16-23-25-26-29)28-12-10-27(11-13-28)14-18-15-31-21(24-18)17-6-2-1-3-7-17/h1-9,15-16H,10-14H2. The van der Waals surface area contributed by atoms with Crippen molar-refractivity contribution in [1.82, 2.24) is 35.0 Å². The van der Waals surface area contributed by atoms with Gasteiger partial charge in [0.1, 0.15) is 11.3 Å². The van der Waals surface area contributed by atoms with Crippen molar-refractivity contribution in [2.24, 2.45) is 0 Å². The molecule has 1 amide bonds. The quantitative estimate of drug-likeness (QED) is 0.483. The van der Waals surface area contributed by atoms with Gasteiger partial charge in [-0.15, -0.1) is 16.4 Å². The van der Waals surface area contributed by atoms with Gasteiger partial charge in [-0.3, -0.25) is 9.69 Å². The van der Waals surface area contributed by atoms with E-state index in [0.29, 0.717) is 24.3 Å². The molecule has 0 saturated carbocycles. The molecule has 156 valence electrons. The van der Waals surface area contributed by atoms with Crippen LogP contribution in [0.1, 0.15) is 16.1 Å². The van der Waals surface area contributed by atoms with Crippen LogP contribution < -0.4 is 0 Å². The first kappa shape index (κ1) is 19.5. The minimum Gasteiger partial charge on any atom is -0.336 e.